The molecular formula is C60H46N2. The van der Waals surface area contributed by atoms with Gasteiger partial charge in [-0.1, -0.05) is 200 Å². The van der Waals surface area contributed by atoms with Gasteiger partial charge in [0.05, 0.1) is 11.1 Å². The lowest BCUT2D eigenvalue weighted by Gasteiger charge is -2.37. The van der Waals surface area contributed by atoms with Crippen LogP contribution in [0.1, 0.15) is 27.8 Å². The van der Waals surface area contributed by atoms with Crippen molar-refractivity contribution in [2.24, 2.45) is 0 Å². The van der Waals surface area contributed by atoms with Crippen LogP contribution in [0.4, 0.5) is 34.1 Å². The fourth-order valence-electron chi connectivity index (χ4n) is 9.08. The number of fused-ring (bicyclic) bond motifs is 1. The lowest BCUT2D eigenvalue weighted by Crippen LogP contribution is -2.31. The van der Waals surface area contributed by atoms with E-state index in [2.05, 4.69) is 278 Å². The number of para-hydroxylation sites is 1. The van der Waals surface area contributed by atoms with Gasteiger partial charge in [0.15, 0.2) is 0 Å². The lowest BCUT2D eigenvalue weighted by atomic mass is 9.65. The van der Waals surface area contributed by atoms with Crippen molar-refractivity contribution < 1.29 is 0 Å². The van der Waals surface area contributed by atoms with Crippen LogP contribution < -0.4 is 9.80 Å². The average Bonchev–Trinajstić information content (AvgIpc) is 3.35. The van der Waals surface area contributed by atoms with Gasteiger partial charge in [-0.3, -0.25) is 0 Å². The Morgan fingerprint density at radius 3 is 1.13 bits per heavy atom. The van der Waals surface area contributed by atoms with Crippen molar-refractivity contribution in [2.45, 2.75) is 12.3 Å². The SMILES string of the molecule is Cc1ccc(N(c2ccc(-c3ccc(N(c4ccccc4)c4cccc5ccccc45)cc3)cc2)c2ccc(C(c3ccccc3)(c3ccccc3)c3ccccc3)cc2)cc1. The van der Waals surface area contributed by atoms with Crippen LogP contribution in [0, 0.1) is 6.92 Å². The standard InChI is InChI=1S/C60H46N2/c1-45-29-37-54(38-30-45)61(56-43-35-52(36-44-56)60(49-19-6-2-7-20-49,50-21-8-3-9-22-50)51-23-10-4-11-24-51)55-39-31-46(32-40-55)47-33-41-57(42-34-47)62(53-25-12-5-13-26-53)59-28-16-18-48-17-14-15-27-58(48)59/h2-44H,1H3. The average molecular weight is 795 g/mol. The van der Waals surface area contributed by atoms with E-state index in [0.29, 0.717) is 0 Å². The molecular weight excluding hydrogens is 749 g/mol. The summed E-state index contributed by atoms with van der Waals surface area (Å²) >= 11 is 0. The van der Waals surface area contributed by atoms with Crippen LogP contribution in [0.2, 0.25) is 0 Å². The first-order valence-corrected chi connectivity index (χ1v) is 21.3. The normalized spacial score (nSPS) is 11.3. The lowest BCUT2D eigenvalue weighted by molar-refractivity contribution is 0.745. The smallest absolute Gasteiger partial charge is 0.0701 e. The fraction of sp³-hybridized carbons (Fsp3) is 0.0333. The van der Waals surface area contributed by atoms with Gasteiger partial charge in [-0.2, -0.15) is 0 Å². The van der Waals surface area contributed by atoms with Crippen LogP contribution in [0.25, 0.3) is 21.9 Å². The minimum absolute atomic E-state index is 0.513. The Morgan fingerprint density at radius 2 is 0.629 bits per heavy atom. The number of aryl methyl sites for hydroxylation is 1. The van der Waals surface area contributed by atoms with Crippen LogP contribution in [-0.2, 0) is 5.41 Å². The molecule has 0 aliphatic carbocycles. The predicted molar refractivity (Wildman–Crippen MR) is 262 cm³/mol. The molecule has 0 unspecified atom stereocenters. The summed E-state index contributed by atoms with van der Waals surface area (Å²) in [6.07, 6.45) is 0. The first-order valence-electron chi connectivity index (χ1n) is 21.3. The summed E-state index contributed by atoms with van der Waals surface area (Å²) in [4.78, 5) is 4.71. The summed E-state index contributed by atoms with van der Waals surface area (Å²) in [5.74, 6) is 0. The monoisotopic (exact) mass is 794 g/mol. The summed E-state index contributed by atoms with van der Waals surface area (Å²) in [6, 6.07) is 94.4. The van der Waals surface area contributed by atoms with E-state index in [1.807, 2.05) is 0 Å². The molecule has 0 radical (unpaired) electrons. The van der Waals surface area contributed by atoms with E-state index in [1.165, 1.54) is 38.6 Å². The van der Waals surface area contributed by atoms with Gasteiger partial charge in [0.1, 0.15) is 0 Å². The Hall–Kier alpha value is -7.94. The summed E-state index contributed by atoms with van der Waals surface area (Å²) < 4.78 is 0. The Balaban J connectivity index is 1.01. The highest BCUT2D eigenvalue weighted by Gasteiger charge is 2.38. The second-order valence-corrected chi connectivity index (χ2v) is 15.8. The second-order valence-electron chi connectivity index (χ2n) is 15.8. The Bertz CT molecular complexity index is 2920. The van der Waals surface area contributed by atoms with E-state index in [1.54, 1.807) is 0 Å². The van der Waals surface area contributed by atoms with Gasteiger partial charge in [0.2, 0.25) is 0 Å². The zero-order valence-electron chi connectivity index (χ0n) is 34.7. The quantitative estimate of drug-likeness (QED) is 0.120. The number of benzene rings is 10. The van der Waals surface area contributed by atoms with Gasteiger partial charge >= 0.3 is 0 Å². The van der Waals surface area contributed by atoms with E-state index in [-0.39, 0.29) is 0 Å². The topological polar surface area (TPSA) is 6.48 Å². The molecule has 0 saturated heterocycles. The summed E-state index contributed by atoms with van der Waals surface area (Å²) in [6.45, 7) is 2.14. The highest BCUT2D eigenvalue weighted by atomic mass is 15.1. The van der Waals surface area contributed by atoms with Crippen molar-refractivity contribution in [2.75, 3.05) is 9.80 Å². The van der Waals surface area contributed by atoms with Crippen LogP contribution in [0.15, 0.2) is 261 Å². The molecule has 2 heteroatoms. The van der Waals surface area contributed by atoms with Gasteiger partial charge in [0, 0.05) is 33.8 Å². The van der Waals surface area contributed by atoms with E-state index in [9.17, 15) is 0 Å². The third kappa shape index (κ3) is 7.23. The first kappa shape index (κ1) is 38.3. The molecule has 296 valence electrons. The number of rotatable bonds is 11. The zero-order valence-corrected chi connectivity index (χ0v) is 34.7. The molecule has 10 aromatic rings. The number of hydrogen-bond donors (Lipinski definition) is 0. The molecule has 10 rings (SSSR count). The molecule has 0 bridgehead atoms. The van der Waals surface area contributed by atoms with Gasteiger partial charge in [-0.15, -0.1) is 0 Å². The van der Waals surface area contributed by atoms with Gasteiger partial charge in [0.25, 0.3) is 0 Å². The molecule has 0 heterocycles. The minimum atomic E-state index is -0.513. The molecule has 0 saturated carbocycles. The molecule has 0 aliphatic heterocycles. The fourth-order valence-corrected chi connectivity index (χ4v) is 9.08. The maximum Gasteiger partial charge on any atom is 0.0701 e. The highest BCUT2D eigenvalue weighted by molar-refractivity contribution is 5.99. The molecule has 0 fully saturated rings. The number of hydrogen-bond acceptors (Lipinski definition) is 2. The van der Waals surface area contributed by atoms with E-state index < -0.39 is 5.41 Å². The number of anilines is 6. The molecule has 10 aromatic carbocycles. The molecule has 0 aromatic heterocycles. The van der Waals surface area contributed by atoms with Crippen LogP contribution >= 0.6 is 0 Å². The molecule has 0 atom stereocenters. The van der Waals surface area contributed by atoms with E-state index in [4.69, 9.17) is 0 Å². The van der Waals surface area contributed by atoms with Crippen LogP contribution in [0.3, 0.4) is 0 Å². The minimum Gasteiger partial charge on any atom is -0.311 e. The predicted octanol–water partition coefficient (Wildman–Crippen LogP) is 16.1. The largest absolute Gasteiger partial charge is 0.311 e. The third-order valence-electron chi connectivity index (χ3n) is 12.1. The molecule has 2 nitrogen and oxygen atoms in total. The molecule has 0 spiro atoms. The Labute approximate surface area is 365 Å². The first-order chi connectivity index (χ1) is 30.7. The molecule has 0 aliphatic rings. The van der Waals surface area contributed by atoms with Crippen molar-refractivity contribution in [1.29, 1.82) is 0 Å². The van der Waals surface area contributed by atoms with Gasteiger partial charge < -0.3 is 9.80 Å². The maximum atomic E-state index is 2.35. The molecule has 62 heavy (non-hydrogen) atoms. The van der Waals surface area contributed by atoms with Crippen LogP contribution in [-0.4, -0.2) is 0 Å². The molecule has 0 N–H and O–H groups in total. The Kier molecular flexibility index (Phi) is 10.5. The third-order valence-corrected chi connectivity index (χ3v) is 12.1. The molecule has 0 amide bonds. The summed E-state index contributed by atoms with van der Waals surface area (Å²) in [5.41, 5.74) is 14.6. The summed E-state index contributed by atoms with van der Waals surface area (Å²) in [5, 5.41) is 2.44. The van der Waals surface area contributed by atoms with Crippen molar-refractivity contribution in [3.63, 3.8) is 0 Å². The van der Waals surface area contributed by atoms with Crippen molar-refractivity contribution in [1.82, 2.24) is 0 Å². The maximum absolute atomic E-state index is 2.35. The summed E-state index contributed by atoms with van der Waals surface area (Å²) in [7, 11) is 0. The van der Waals surface area contributed by atoms with Crippen molar-refractivity contribution >= 4 is 44.9 Å². The van der Waals surface area contributed by atoms with E-state index >= 15 is 0 Å². The van der Waals surface area contributed by atoms with Crippen molar-refractivity contribution in [3.05, 3.63) is 289 Å². The number of nitrogens with zero attached hydrogens (tertiary/aromatic N) is 2. The second kappa shape index (κ2) is 17.0. The Morgan fingerprint density at radius 1 is 0.274 bits per heavy atom. The van der Waals surface area contributed by atoms with Crippen LogP contribution in [0.5, 0.6) is 0 Å². The van der Waals surface area contributed by atoms with Gasteiger partial charge in [-0.05, 0) is 112 Å². The van der Waals surface area contributed by atoms with Crippen molar-refractivity contribution in [3.8, 4) is 11.1 Å². The van der Waals surface area contributed by atoms with E-state index in [0.717, 1.165) is 45.3 Å². The highest BCUT2D eigenvalue weighted by Crippen LogP contribution is 2.46. The van der Waals surface area contributed by atoms with Gasteiger partial charge in [-0.25, -0.2) is 0 Å². The zero-order chi connectivity index (χ0) is 41.7.